The number of likely N-dealkylation sites (N-methyl/N-ethyl adjacent to an activating group) is 1. The topological polar surface area (TPSA) is 46.3 Å². The summed E-state index contributed by atoms with van der Waals surface area (Å²) in [5, 5.41) is 0. The first kappa shape index (κ1) is 17.5. The molecule has 0 saturated heterocycles. The SMILES string of the molecule is CCC(C)C(N)C(=O)N(C)Cc1ccc(C(F)(F)F)cc1. The molecule has 118 valence electrons. The maximum Gasteiger partial charge on any atom is 0.416 e. The van der Waals surface area contributed by atoms with Crippen molar-refractivity contribution in [2.24, 2.45) is 11.7 Å². The number of carbonyl (C=O) groups excluding carboxylic acids is 1. The minimum Gasteiger partial charge on any atom is -0.340 e. The van der Waals surface area contributed by atoms with Crippen LogP contribution in [-0.2, 0) is 17.5 Å². The zero-order valence-corrected chi connectivity index (χ0v) is 12.4. The molecule has 1 aromatic rings. The zero-order valence-electron chi connectivity index (χ0n) is 12.4. The lowest BCUT2D eigenvalue weighted by atomic mass is 9.99. The second kappa shape index (κ2) is 6.93. The molecule has 0 spiro atoms. The van der Waals surface area contributed by atoms with Crippen LogP contribution >= 0.6 is 0 Å². The van der Waals surface area contributed by atoms with Gasteiger partial charge in [-0.1, -0.05) is 32.4 Å². The molecule has 0 heterocycles. The number of halogens is 3. The first-order chi connectivity index (χ1) is 9.66. The Bertz CT molecular complexity index is 471. The Kier molecular flexibility index (Phi) is 5.78. The fraction of sp³-hybridized carbons (Fsp3) is 0.533. The first-order valence-corrected chi connectivity index (χ1v) is 6.83. The van der Waals surface area contributed by atoms with Gasteiger partial charge in [0.15, 0.2) is 0 Å². The van der Waals surface area contributed by atoms with Crippen LogP contribution in [0.15, 0.2) is 24.3 Å². The van der Waals surface area contributed by atoms with E-state index in [1.165, 1.54) is 17.0 Å². The Morgan fingerprint density at radius 1 is 1.29 bits per heavy atom. The molecule has 2 atom stereocenters. The molecule has 0 saturated carbocycles. The highest BCUT2D eigenvalue weighted by atomic mass is 19.4. The molecule has 0 aliphatic heterocycles. The highest BCUT2D eigenvalue weighted by Crippen LogP contribution is 2.29. The van der Waals surface area contributed by atoms with Crippen molar-refractivity contribution in [2.75, 3.05) is 7.05 Å². The summed E-state index contributed by atoms with van der Waals surface area (Å²) in [6, 6.07) is 4.20. The van der Waals surface area contributed by atoms with E-state index in [2.05, 4.69) is 0 Å². The minimum atomic E-state index is -4.35. The van der Waals surface area contributed by atoms with Crippen molar-refractivity contribution >= 4 is 5.91 Å². The molecular weight excluding hydrogens is 281 g/mol. The van der Waals surface area contributed by atoms with Crippen LogP contribution in [0, 0.1) is 5.92 Å². The third-order valence-corrected chi connectivity index (χ3v) is 3.62. The second-order valence-electron chi connectivity index (χ2n) is 5.30. The van der Waals surface area contributed by atoms with Crippen molar-refractivity contribution in [3.8, 4) is 0 Å². The normalized spacial score (nSPS) is 14.6. The summed E-state index contributed by atoms with van der Waals surface area (Å²) in [4.78, 5) is 13.5. The largest absolute Gasteiger partial charge is 0.416 e. The third kappa shape index (κ3) is 4.74. The highest BCUT2D eigenvalue weighted by molar-refractivity contribution is 5.81. The summed E-state index contributed by atoms with van der Waals surface area (Å²) in [6.07, 6.45) is -3.56. The van der Waals surface area contributed by atoms with Gasteiger partial charge in [-0.3, -0.25) is 4.79 Å². The van der Waals surface area contributed by atoms with E-state index in [1.54, 1.807) is 7.05 Å². The predicted octanol–water partition coefficient (Wildman–Crippen LogP) is 3.04. The summed E-state index contributed by atoms with van der Waals surface area (Å²) < 4.78 is 37.4. The van der Waals surface area contributed by atoms with E-state index in [0.717, 1.165) is 18.6 Å². The molecule has 0 radical (unpaired) electrons. The summed E-state index contributed by atoms with van der Waals surface area (Å²) in [5.41, 5.74) is 5.80. The zero-order chi connectivity index (χ0) is 16.2. The molecule has 0 bridgehead atoms. The molecule has 2 N–H and O–H groups in total. The van der Waals surface area contributed by atoms with Crippen LogP contribution in [0.4, 0.5) is 13.2 Å². The summed E-state index contributed by atoms with van der Waals surface area (Å²) >= 11 is 0. The van der Waals surface area contributed by atoms with E-state index in [9.17, 15) is 18.0 Å². The van der Waals surface area contributed by atoms with Crippen molar-refractivity contribution in [1.29, 1.82) is 0 Å². The van der Waals surface area contributed by atoms with E-state index < -0.39 is 17.8 Å². The smallest absolute Gasteiger partial charge is 0.340 e. The van der Waals surface area contributed by atoms with Crippen molar-refractivity contribution in [1.82, 2.24) is 4.90 Å². The molecule has 0 aliphatic rings. The number of amides is 1. The number of hydrogen-bond donors (Lipinski definition) is 1. The predicted molar refractivity (Wildman–Crippen MR) is 75.3 cm³/mol. The molecule has 21 heavy (non-hydrogen) atoms. The lowest BCUT2D eigenvalue weighted by Gasteiger charge is -2.24. The van der Waals surface area contributed by atoms with Gasteiger partial charge in [0.1, 0.15) is 0 Å². The van der Waals surface area contributed by atoms with Gasteiger partial charge in [0.25, 0.3) is 0 Å². The minimum absolute atomic E-state index is 0.0626. The Balaban J connectivity index is 2.71. The van der Waals surface area contributed by atoms with E-state index in [0.29, 0.717) is 5.56 Å². The van der Waals surface area contributed by atoms with E-state index in [1.807, 2.05) is 13.8 Å². The third-order valence-electron chi connectivity index (χ3n) is 3.62. The van der Waals surface area contributed by atoms with Crippen LogP contribution in [0.25, 0.3) is 0 Å². The molecule has 1 aromatic carbocycles. The van der Waals surface area contributed by atoms with Crippen molar-refractivity contribution in [3.05, 3.63) is 35.4 Å². The lowest BCUT2D eigenvalue weighted by molar-refractivity contribution is -0.137. The standard InChI is InChI=1S/C15H21F3N2O/c1-4-10(2)13(19)14(21)20(3)9-11-5-7-12(8-6-11)15(16,17)18/h5-8,10,13H,4,9,19H2,1-3H3. The molecule has 3 nitrogen and oxygen atoms in total. The van der Waals surface area contributed by atoms with Gasteiger partial charge in [-0.05, 0) is 23.6 Å². The van der Waals surface area contributed by atoms with Gasteiger partial charge in [0, 0.05) is 13.6 Å². The maximum absolute atomic E-state index is 12.5. The van der Waals surface area contributed by atoms with Crippen LogP contribution < -0.4 is 5.73 Å². The van der Waals surface area contributed by atoms with Gasteiger partial charge in [0.05, 0.1) is 11.6 Å². The number of carbonyl (C=O) groups is 1. The van der Waals surface area contributed by atoms with Crippen LogP contribution in [-0.4, -0.2) is 23.9 Å². The molecule has 1 rings (SSSR count). The second-order valence-corrected chi connectivity index (χ2v) is 5.30. The van der Waals surface area contributed by atoms with Crippen LogP contribution in [0.3, 0.4) is 0 Å². The van der Waals surface area contributed by atoms with Gasteiger partial charge < -0.3 is 10.6 Å². The summed E-state index contributed by atoms with van der Waals surface area (Å²) in [6.45, 7) is 4.09. The number of alkyl halides is 3. The Labute approximate surface area is 122 Å². The van der Waals surface area contributed by atoms with E-state index in [4.69, 9.17) is 5.73 Å². The average Bonchev–Trinajstić information content (AvgIpc) is 2.44. The number of rotatable bonds is 5. The number of benzene rings is 1. The summed E-state index contributed by atoms with van der Waals surface area (Å²) in [5.74, 6) is -0.142. The molecule has 2 unspecified atom stereocenters. The van der Waals surface area contributed by atoms with Gasteiger partial charge in [-0.15, -0.1) is 0 Å². The monoisotopic (exact) mass is 302 g/mol. The van der Waals surface area contributed by atoms with Crippen LogP contribution in [0.2, 0.25) is 0 Å². The van der Waals surface area contributed by atoms with Gasteiger partial charge in [0.2, 0.25) is 5.91 Å². The molecule has 1 amide bonds. The lowest BCUT2D eigenvalue weighted by Crippen LogP contribution is -2.45. The molecule has 0 fully saturated rings. The van der Waals surface area contributed by atoms with Crippen molar-refractivity contribution < 1.29 is 18.0 Å². The molecular formula is C15H21F3N2O. The number of hydrogen-bond acceptors (Lipinski definition) is 2. The fourth-order valence-electron chi connectivity index (χ4n) is 1.90. The number of nitrogens with two attached hydrogens (primary N) is 1. The summed E-state index contributed by atoms with van der Waals surface area (Å²) in [7, 11) is 1.60. The van der Waals surface area contributed by atoms with E-state index >= 15 is 0 Å². The molecule has 0 aliphatic carbocycles. The Morgan fingerprint density at radius 3 is 2.24 bits per heavy atom. The number of nitrogens with zero attached hydrogens (tertiary/aromatic N) is 1. The molecule has 6 heteroatoms. The maximum atomic E-state index is 12.5. The quantitative estimate of drug-likeness (QED) is 0.908. The average molecular weight is 302 g/mol. The molecule has 0 aromatic heterocycles. The Hall–Kier alpha value is -1.56. The van der Waals surface area contributed by atoms with E-state index in [-0.39, 0.29) is 18.4 Å². The first-order valence-electron chi connectivity index (χ1n) is 6.83. The van der Waals surface area contributed by atoms with Gasteiger partial charge in [-0.25, -0.2) is 0 Å². The van der Waals surface area contributed by atoms with Gasteiger partial charge in [-0.2, -0.15) is 13.2 Å². The van der Waals surface area contributed by atoms with Crippen molar-refractivity contribution in [2.45, 2.75) is 39.0 Å². The van der Waals surface area contributed by atoms with Crippen molar-refractivity contribution in [3.63, 3.8) is 0 Å². The van der Waals surface area contributed by atoms with Gasteiger partial charge >= 0.3 is 6.18 Å². The fourth-order valence-corrected chi connectivity index (χ4v) is 1.90. The highest BCUT2D eigenvalue weighted by Gasteiger charge is 2.30. The Morgan fingerprint density at radius 2 is 1.81 bits per heavy atom. The van der Waals surface area contributed by atoms with Crippen LogP contribution in [0.5, 0.6) is 0 Å². The van der Waals surface area contributed by atoms with Crippen LogP contribution in [0.1, 0.15) is 31.4 Å².